The van der Waals surface area contributed by atoms with Crippen molar-refractivity contribution in [1.29, 1.82) is 0 Å². The van der Waals surface area contributed by atoms with Gasteiger partial charge in [-0.3, -0.25) is 0 Å². The zero-order valence-corrected chi connectivity index (χ0v) is 9.55. The molecule has 1 aromatic rings. The molecule has 3 nitrogen and oxygen atoms in total. The first kappa shape index (κ1) is 10.1. The van der Waals surface area contributed by atoms with Gasteiger partial charge in [0.15, 0.2) is 0 Å². The number of thioether (sulfide) groups is 1. The van der Waals surface area contributed by atoms with E-state index in [0.29, 0.717) is 6.04 Å². The lowest BCUT2D eigenvalue weighted by molar-refractivity contribution is 0.444. The second-order valence-corrected chi connectivity index (χ2v) is 5.03. The summed E-state index contributed by atoms with van der Waals surface area (Å²) in [5, 5.41) is 3.57. The normalized spacial score (nSPS) is 27.0. The van der Waals surface area contributed by atoms with Crippen LogP contribution >= 0.6 is 11.8 Å². The molecule has 0 spiro atoms. The Kier molecular flexibility index (Phi) is 3.13. The maximum atomic E-state index is 4.30. The molecule has 0 radical (unpaired) electrons. The maximum absolute atomic E-state index is 4.30. The molecule has 1 N–H and O–H groups in total. The first-order valence-corrected chi connectivity index (χ1v) is 6.20. The van der Waals surface area contributed by atoms with Crippen LogP contribution in [0.4, 0.5) is 0 Å². The van der Waals surface area contributed by atoms with Crippen LogP contribution in [0.25, 0.3) is 0 Å². The highest BCUT2D eigenvalue weighted by Gasteiger charge is 2.23. The van der Waals surface area contributed by atoms with Gasteiger partial charge in [-0.2, -0.15) is 11.8 Å². The van der Waals surface area contributed by atoms with Crippen LogP contribution in [0.15, 0.2) is 12.4 Å². The van der Waals surface area contributed by atoms with Gasteiger partial charge in [0.05, 0.1) is 6.54 Å². The van der Waals surface area contributed by atoms with E-state index in [1.807, 2.05) is 31.2 Å². The number of nitrogens with one attached hydrogen (secondary N) is 1. The average Bonchev–Trinajstić information content (AvgIpc) is 2.72. The second-order valence-electron chi connectivity index (χ2n) is 3.96. The molecule has 1 aliphatic heterocycles. The summed E-state index contributed by atoms with van der Waals surface area (Å²) >= 11 is 2.04. The topological polar surface area (TPSA) is 29.9 Å². The molecule has 4 heteroatoms. The van der Waals surface area contributed by atoms with Gasteiger partial charge in [0.2, 0.25) is 0 Å². The predicted octanol–water partition coefficient (Wildman–Crippen LogP) is 1.26. The highest BCUT2D eigenvalue weighted by atomic mass is 32.2. The van der Waals surface area contributed by atoms with Crippen molar-refractivity contribution in [3.8, 4) is 0 Å². The highest BCUT2D eigenvalue weighted by Crippen LogP contribution is 2.23. The van der Waals surface area contributed by atoms with Crippen LogP contribution in [0.5, 0.6) is 0 Å². The van der Waals surface area contributed by atoms with Crippen LogP contribution < -0.4 is 5.32 Å². The van der Waals surface area contributed by atoms with E-state index in [9.17, 15) is 0 Å². The van der Waals surface area contributed by atoms with Crippen LogP contribution in [0.3, 0.4) is 0 Å². The van der Waals surface area contributed by atoms with Gasteiger partial charge in [-0.25, -0.2) is 4.98 Å². The molecule has 1 fully saturated rings. The molecular formula is C10H17N3S. The molecule has 1 aliphatic rings. The summed E-state index contributed by atoms with van der Waals surface area (Å²) < 4.78 is 2.07. The lowest BCUT2D eigenvalue weighted by atomic mass is 10.1. The molecular weight excluding hydrogens is 194 g/mol. The molecule has 0 amide bonds. The first-order chi connectivity index (χ1) is 6.77. The van der Waals surface area contributed by atoms with Crippen molar-refractivity contribution in [2.24, 2.45) is 13.0 Å². The van der Waals surface area contributed by atoms with Crippen LogP contribution in [0, 0.1) is 5.92 Å². The van der Waals surface area contributed by atoms with Crippen molar-refractivity contribution < 1.29 is 0 Å². The molecule has 14 heavy (non-hydrogen) atoms. The molecule has 2 unspecified atom stereocenters. The van der Waals surface area contributed by atoms with Gasteiger partial charge in [0.1, 0.15) is 5.82 Å². The average molecular weight is 211 g/mol. The van der Waals surface area contributed by atoms with E-state index in [4.69, 9.17) is 0 Å². The summed E-state index contributed by atoms with van der Waals surface area (Å²) in [6.45, 7) is 3.20. The van der Waals surface area contributed by atoms with Gasteiger partial charge >= 0.3 is 0 Å². The zero-order valence-electron chi connectivity index (χ0n) is 8.73. The van der Waals surface area contributed by atoms with Gasteiger partial charge in [0, 0.05) is 31.2 Å². The van der Waals surface area contributed by atoms with Crippen molar-refractivity contribution >= 4 is 11.8 Å². The third-order valence-electron chi connectivity index (χ3n) is 2.81. The summed E-state index contributed by atoms with van der Waals surface area (Å²) in [6.07, 6.45) is 3.84. The monoisotopic (exact) mass is 211 g/mol. The minimum absolute atomic E-state index is 0.664. The lowest BCUT2D eigenvalue weighted by Gasteiger charge is -2.15. The quantitative estimate of drug-likeness (QED) is 0.816. The van der Waals surface area contributed by atoms with Crippen molar-refractivity contribution in [1.82, 2.24) is 14.9 Å². The van der Waals surface area contributed by atoms with Crippen LogP contribution in [0.2, 0.25) is 0 Å². The summed E-state index contributed by atoms with van der Waals surface area (Å²) in [4.78, 5) is 4.30. The van der Waals surface area contributed by atoms with Crippen LogP contribution in [-0.4, -0.2) is 27.1 Å². The Morgan fingerprint density at radius 3 is 3.07 bits per heavy atom. The van der Waals surface area contributed by atoms with Crippen molar-refractivity contribution in [2.75, 3.05) is 11.5 Å². The fourth-order valence-electron chi connectivity index (χ4n) is 1.71. The van der Waals surface area contributed by atoms with Crippen molar-refractivity contribution in [3.63, 3.8) is 0 Å². The Morgan fingerprint density at radius 2 is 2.50 bits per heavy atom. The van der Waals surface area contributed by atoms with Gasteiger partial charge in [-0.1, -0.05) is 6.92 Å². The molecule has 0 bridgehead atoms. The molecule has 1 saturated heterocycles. The highest BCUT2D eigenvalue weighted by molar-refractivity contribution is 7.99. The minimum atomic E-state index is 0.664. The van der Waals surface area contributed by atoms with E-state index < -0.39 is 0 Å². The van der Waals surface area contributed by atoms with Gasteiger partial charge in [-0.15, -0.1) is 0 Å². The molecule has 0 saturated carbocycles. The van der Waals surface area contributed by atoms with E-state index in [0.717, 1.165) is 18.3 Å². The molecule has 78 valence electrons. The fraction of sp³-hybridized carbons (Fsp3) is 0.700. The number of imidazole rings is 1. The Morgan fingerprint density at radius 1 is 1.64 bits per heavy atom. The second kappa shape index (κ2) is 4.36. The molecule has 2 rings (SSSR count). The van der Waals surface area contributed by atoms with Crippen LogP contribution in [-0.2, 0) is 13.6 Å². The number of aryl methyl sites for hydroxylation is 1. The van der Waals surface area contributed by atoms with E-state index in [-0.39, 0.29) is 0 Å². The molecule has 0 aliphatic carbocycles. The number of nitrogens with zero attached hydrogens (tertiary/aromatic N) is 2. The number of hydrogen-bond acceptors (Lipinski definition) is 3. The fourth-order valence-corrected chi connectivity index (χ4v) is 3.15. The SMILES string of the molecule is CC1CSCC1NCc1nccn1C. The number of aromatic nitrogens is 2. The zero-order chi connectivity index (χ0) is 9.97. The molecule has 2 heterocycles. The Hall–Kier alpha value is -0.480. The lowest BCUT2D eigenvalue weighted by Crippen LogP contribution is -2.34. The van der Waals surface area contributed by atoms with E-state index >= 15 is 0 Å². The smallest absolute Gasteiger partial charge is 0.122 e. The van der Waals surface area contributed by atoms with E-state index in [1.54, 1.807) is 0 Å². The number of rotatable bonds is 3. The largest absolute Gasteiger partial charge is 0.337 e. The maximum Gasteiger partial charge on any atom is 0.122 e. The van der Waals surface area contributed by atoms with E-state index in [2.05, 4.69) is 21.8 Å². The summed E-state index contributed by atoms with van der Waals surface area (Å²) in [5.41, 5.74) is 0. The van der Waals surface area contributed by atoms with Crippen molar-refractivity contribution in [3.05, 3.63) is 18.2 Å². The van der Waals surface area contributed by atoms with Gasteiger partial charge in [-0.05, 0) is 11.7 Å². The Balaban J connectivity index is 1.85. The third-order valence-corrected chi connectivity index (χ3v) is 4.16. The minimum Gasteiger partial charge on any atom is -0.337 e. The Labute approximate surface area is 89.3 Å². The summed E-state index contributed by atoms with van der Waals surface area (Å²) in [7, 11) is 2.04. The predicted molar refractivity (Wildman–Crippen MR) is 60.3 cm³/mol. The van der Waals surface area contributed by atoms with E-state index in [1.165, 1.54) is 11.5 Å². The van der Waals surface area contributed by atoms with Gasteiger partial charge < -0.3 is 9.88 Å². The Bertz CT molecular complexity index is 297. The first-order valence-electron chi connectivity index (χ1n) is 5.04. The molecule has 0 aromatic carbocycles. The van der Waals surface area contributed by atoms with Gasteiger partial charge in [0.25, 0.3) is 0 Å². The molecule has 1 aromatic heterocycles. The third kappa shape index (κ3) is 2.12. The standard InChI is InChI=1S/C10H17N3S/c1-8-6-14-7-9(8)12-5-10-11-3-4-13(10)2/h3-4,8-9,12H,5-7H2,1-2H3. The number of hydrogen-bond donors (Lipinski definition) is 1. The van der Waals surface area contributed by atoms with Crippen molar-refractivity contribution in [2.45, 2.75) is 19.5 Å². The summed E-state index contributed by atoms with van der Waals surface area (Å²) in [6, 6.07) is 0.664. The molecule has 2 atom stereocenters. The summed E-state index contributed by atoms with van der Waals surface area (Å²) in [5.74, 6) is 4.44. The van der Waals surface area contributed by atoms with Crippen LogP contribution in [0.1, 0.15) is 12.7 Å².